The van der Waals surface area contributed by atoms with Gasteiger partial charge in [0.1, 0.15) is 0 Å². The van der Waals surface area contributed by atoms with E-state index in [2.05, 4.69) is 15.3 Å². The molecule has 1 aliphatic rings. The van der Waals surface area contributed by atoms with Crippen molar-refractivity contribution in [3.8, 4) is 0 Å². The summed E-state index contributed by atoms with van der Waals surface area (Å²) in [5.74, 6) is 0.234. The van der Waals surface area contributed by atoms with Crippen molar-refractivity contribution in [2.45, 2.75) is 12.8 Å². The number of anilines is 2. The summed E-state index contributed by atoms with van der Waals surface area (Å²) in [6.07, 6.45) is 1.53. The number of nitrogens with zero attached hydrogens (tertiary/aromatic N) is 2. The average molecular weight is 370 g/mol. The van der Waals surface area contributed by atoms with Crippen molar-refractivity contribution >= 4 is 38.6 Å². The van der Waals surface area contributed by atoms with Crippen LogP contribution < -0.4 is 9.62 Å². The van der Waals surface area contributed by atoms with Gasteiger partial charge in [-0.05, 0) is 49.2 Å². The van der Waals surface area contributed by atoms with Crippen molar-refractivity contribution in [2.75, 3.05) is 21.9 Å². The number of amides is 1. The number of aromatic amines is 1. The first-order valence-corrected chi connectivity index (χ1v) is 10.0. The van der Waals surface area contributed by atoms with E-state index < -0.39 is 10.0 Å². The third-order valence-corrected chi connectivity index (χ3v) is 6.26. The second-order valence-electron chi connectivity index (χ2n) is 6.20. The van der Waals surface area contributed by atoms with E-state index in [1.807, 2.05) is 24.3 Å². The molecule has 0 bridgehead atoms. The van der Waals surface area contributed by atoms with Crippen LogP contribution in [0.1, 0.15) is 23.2 Å². The van der Waals surface area contributed by atoms with Crippen molar-refractivity contribution in [3.05, 3.63) is 54.1 Å². The smallest absolute Gasteiger partial charge is 0.257 e. The Bertz CT molecular complexity index is 1020. The fourth-order valence-electron chi connectivity index (χ4n) is 3.05. The Hall–Kier alpha value is -2.87. The Morgan fingerprint density at radius 3 is 2.58 bits per heavy atom. The zero-order valence-corrected chi connectivity index (χ0v) is 14.8. The molecule has 1 saturated heterocycles. The zero-order valence-electron chi connectivity index (χ0n) is 14.0. The summed E-state index contributed by atoms with van der Waals surface area (Å²) in [7, 11) is -3.26. The number of para-hydroxylation sites is 2. The molecule has 1 fully saturated rings. The highest BCUT2D eigenvalue weighted by atomic mass is 32.2. The highest BCUT2D eigenvalue weighted by molar-refractivity contribution is 7.92. The van der Waals surface area contributed by atoms with Gasteiger partial charge in [-0.3, -0.25) is 14.4 Å². The Morgan fingerprint density at radius 1 is 1.08 bits per heavy atom. The third-order valence-electron chi connectivity index (χ3n) is 4.39. The van der Waals surface area contributed by atoms with E-state index in [1.54, 1.807) is 24.3 Å². The predicted octanol–water partition coefficient (Wildman–Crippen LogP) is 2.75. The second kappa shape index (κ2) is 6.45. The number of hydrogen-bond acceptors (Lipinski definition) is 4. The number of carbonyl (C=O) groups is 1. The summed E-state index contributed by atoms with van der Waals surface area (Å²) in [6.45, 7) is 0.479. The molecule has 26 heavy (non-hydrogen) atoms. The fourth-order valence-corrected chi connectivity index (χ4v) is 4.69. The molecule has 0 saturated carbocycles. The third kappa shape index (κ3) is 3.15. The first kappa shape index (κ1) is 16.6. The highest BCUT2D eigenvalue weighted by Gasteiger charge is 2.26. The molecule has 2 aromatic carbocycles. The van der Waals surface area contributed by atoms with Gasteiger partial charge in [-0.15, -0.1) is 0 Å². The van der Waals surface area contributed by atoms with Crippen LogP contribution in [0.2, 0.25) is 0 Å². The maximum Gasteiger partial charge on any atom is 0.257 e. The quantitative estimate of drug-likeness (QED) is 0.741. The summed E-state index contributed by atoms with van der Waals surface area (Å²) < 4.78 is 25.7. The molecule has 0 atom stereocenters. The minimum absolute atomic E-state index is 0.168. The van der Waals surface area contributed by atoms with E-state index in [1.165, 1.54) is 4.31 Å². The average Bonchev–Trinajstić information content (AvgIpc) is 3.04. The molecule has 0 aliphatic carbocycles. The van der Waals surface area contributed by atoms with Crippen LogP contribution in [0.25, 0.3) is 11.0 Å². The zero-order chi connectivity index (χ0) is 18.1. The Balaban J connectivity index is 1.52. The van der Waals surface area contributed by atoms with Gasteiger partial charge in [0.15, 0.2) is 0 Å². The lowest BCUT2D eigenvalue weighted by Crippen LogP contribution is -2.37. The molecule has 0 radical (unpaired) electrons. The highest BCUT2D eigenvalue weighted by Crippen LogP contribution is 2.24. The molecule has 4 rings (SSSR count). The van der Waals surface area contributed by atoms with E-state index >= 15 is 0 Å². The predicted molar refractivity (Wildman–Crippen MR) is 101 cm³/mol. The molecule has 1 aliphatic heterocycles. The first-order valence-electron chi connectivity index (χ1n) is 8.39. The van der Waals surface area contributed by atoms with E-state index in [0.717, 1.165) is 17.5 Å². The number of aromatic nitrogens is 2. The van der Waals surface area contributed by atoms with Gasteiger partial charge >= 0.3 is 0 Å². The molecule has 3 aromatic rings. The number of H-pyrrole nitrogens is 1. The van der Waals surface area contributed by atoms with Crippen LogP contribution in [-0.2, 0) is 10.0 Å². The number of imidazole rings is 1. The van der Waals surface area contributed by atoms with Crippen LogP contribution in [0, 0.1) is 0 Å². The van der Waals surface area contributed by atoms with Gasteiger partial charge in [0.25, 0.3) is 5.91 Å². The minimum Gasteiger partial charge on any atom is -0.324 e. The number of nitrogens with one attached hydrogen (secondary N) is 2. The van der Waals surface area contributed by atoms with Crippen LogP contribution >= 0.6 is 0 Å². The summed E-state index contributed by atoms with van der Waals surface area (Å²) in [5, 5.41) is 2.73. The fraction of sp³-hybridized carbons (Fsp3) is 0.222. The van der Waals surface area contributed by atoms with Crippen LogP contribution in [0.5, 0.6) is 0 Å². The molecule has 1 amide bonds. The molecule has 2 N–H and O–H groups in total. The summed E-state index contributed by atoms with van der Waals surface area (Å²) in [6, 6.07) is 14.1. The standard InChI is InChI=1S/C18H18N4O3S/c23-17(21-18-19-15-5-1-2-6-16(15)20-18)13-7-9-14(10-8-13)22-11-3-4-12-26(22,24)25/h1-2,5-10H,3-4,11-12H2,(H2,19,20,21,23). The summed E-state index contributed by atoms with van der Waals surface area (Å²) in [5.41, 5.74) is 2.63. The van der Waals surface area contributed by atoms with Crippen molar-refractivity contribution in [1.82, 2.24) is 9.97 Å². The van der Waals surface area contributed by atoms with Gasteiger partial charge in [0, 0.05) is 12.1 Å². The second-order valence-corrected chi connectivity index (χ2v) is 8.21. The minimum atomic E-state index is -3.26. The largest absolute Gasteiger partial charge is 0.324 e. The van der Waals surface area contributed by atoms with Crippen LogP contribution in [0.4, 0.5) is 11.6 Å². The maximum absolute atomic E-state index is 12.4. The summed E-state index contributed by atoms with van der Waals surface area (Å²) >= 11 is 0. The Kier molecular flexibility index (Phi) is 4.12. The molecule has 134 valence electrons. The van der Waals surface area contributed by atoms with Crippen molar-refractivity contribution in [2.24, 2.45) is 0 Å². The molecule has 0 spiro atoms. The summed E-state index contributed by atoms with van der Waals surface area (Å²) in [4.78, 5) is 19.8. The van der Waals surface area contributed by atoms with Gasteiger partial charge in [0.05, 0.1) is 22.5 Å². The van der Waals surface area contributed by atoms with Crippen LogP contribution in [-0.4, -0.2) is 36.6 Å². The normalized spacial score (nSPS) is 16.5. The number of fused-ring (bicyclic) bond motifs is 1. The molecule has 2 heterocycles. The number of carbonyl (C=O) groups excluding carboxylic acids is 1. The van der Waals surface area contributed by atoms with Gasteiger partial charge in [-0.2, -0.15) is 0 Å². The molecular weight excluding hydrogens is 352 g/mol. The Labute approximate surface area is 151 Å². The molecule has 1 aromatic heterocycles. The number of hydrogen-bond donors (Lipinski definition) is 2. The SMILES string of the molecule is O=C(Nc1nc2ccccc2[nH]1)c1ccc(N2CCCCS2(=O)=O)cc1. The van der Waals surface area contributed by atoms with Crippen LogP contribution in [0.3, 0.4) is 0 Å². The molecular formula is C18H18N4O3S. The van der Waals surface area contributed by atoms with Gasteiger partial charge in [-0.25, -0.2) is 13.4 Å². The molecule has 8 heteroatoms. The molecule has 7 nitrogen and oxygen atoms in total. The Morgan fingerprint density at radius 2 is 1.85 bits per heavy atom. The maximum atomic E-state index is 12.4. The van der Waals surface area contributed by atoms with E-state index in [9.17, 15) is 13.2 Å². The van der Waals surface area contributed by atoms with Gasteiger partial charge in [-0.1, -0.05) is 12.1 Å². The lowest BCUT2D eigenvalue weighted by molar-refractivity contribution is 0.102. The van der Waals surface area contributed by atoms with Crippen molar-refractivity contribution in [3.63, 3.8) is 0 Å². The topological polar surface area (TPSA) is 95.2 Å². The van der Waals surface area contributed by atoms with Crippen molar-refractivity contribution < 1.29 is 13.2 Å². The van der Waals surface area contributed by atoms with Gasteiger partial charge in [0.2, 0.25) is 16.0 Å². The first-order chi connectivity index (χ1) is 12.5. The van der Waals surface area contributed by atoms with Gasteiger partial charge < -0.3 is 4.98 Å². The lowest BCUT2D eigenvalue weighted by atomic mass is 10.2. The number of benzene rings is 2. The van der Waals surface area contributed by atoms with E-state index in [0.29, 0.717) is 30.2 Å². The lowest BCUT2D eigenvalue weighted by Gasteiger charge is -2.28. The number of rotatable bonds is 3. The van der Waals surface area contributed by atoms with Crippen LogP contribution in [0.15, 0.2) is 48.5 Å². The van der Waals surface area contributed by atoms with Crippen molar-refractivity contribution in [1.29, 1.82) is 0 Å². The van der Waals surface area contributed by atoms with E-state index in [4.69, 9.17) is 0 Å². The van der Waals surface area contributed by atoms with E-state index in [-0.39, 0.29) is 11.7 Å². The number of sulfonamides is 1. The monoisotopic (exact) mass is 370 g/mol. The molecule has 0 unspecified atom stereocenters.